The highest BCUT2D eigenvalue weighted by atomic mass is 32.2. The molecule has 22 heteroatoms. The summed E-state index contributed by atoms with van der Waals surface area (Å²) in [6.45, 7) is 4.67. The summed E-state index contributed by atoms with van der Waals surface area (Å²) in [7, 11) is 0. The number of nitrogens with one attached hydrogen (secondary N) is 3. The summed E-state index contributed by atoms with van der Waals surface area (Å²) in [5, 5.41) is 39.6. The standard InChI is InChI=1S/2C27H35N3O3S.C26H34N4O3S/c2*31-25(32)18-21-10-7-16-30(19-21)24-14-13-23(26(33)28-22-11-5-2-6-12-22)27(29-24)34-17-15-20-8-3-1-4-9-20;31-24(32)16-20-7-5-14-30(18-20)23-11-10-22(25(33)28-21-8-2-1-3-9-21)26(29-23)34-15-12-19-6-4-13-27-17-19/h2*1,3-4,8-9,13-14,21-22H,2,5-7,10-12,15-19H2,(H,28,33)(H,31,32);4,6,10-11,13,17,20-21H,1-3,5,7-9,12,14-16,18H2,(H,28,33)(H,31,32)/t2*21-;20-/m100/s1. The molecule has 7 heterocycles. The van der Waals surface area contributed by atoms with E-state index in [0.29, 0.717) is 36.3 Å². The van der Waals surface area contributed by atoms with Crippen LogP contribution in [0.5, 0.6) is 0 Å². The first-order chi connectivity index (χ1) is 49.7. The number of carboxylic acids is 3. The van der Waals surface area contributed by atoms with Gasteiger partial charge in [0.05, 0.1) is 16.7 Å². The third-order valence-electron chi connectivity index (χ3n) is 20.3. The van der Waals surface area contributed by atoms with Crippen molar-refractivity contribution in [3.05, 3.63) is 155 Å². The second-order valence-corrected chi connectivity index (χ2v) is 31.5. The maximum Gasteiger partial charge on any atom is 0.303 e. The topological polar surface area (TPSA) is 260 Å². The zero-order valence-electron chi connectivity index (χ0n) is 59.1. The second kappa shape index (κ2) is 41.0. The van der Waals surface area contributed by atoms with Gasteiger partial charge in [-0.2, -0.15) is 0 Å². The Hall–Kier alpha value is -7.69. The summed E-state index contributed by atoms with van der Waals surface area (Å²) in [6.07, 6.45) is 29.6. The Balaban J connectivity index is 0.000000165. The molecule has 3 saturated heterocycles. The van der Waals surface area contributed by atoms with Crippen LogP contribution in [-0.4, -0.2) is 146 Å². The first-order valence-corrected chi connectivity index (χ1v) is 40.4. The minimum Gasteiger partial charge on any atom is -0.481 e. The number of anilines is 3. The number of carbonyl (C=O) groups excluding carboxylic acids is 3. The van der Waals surface area contributed by atoms with Crippen LogP contribution in [0, 0.1) is 17.8 Å². The van der Waals surface area contributed by atoms with Gasteiger partial charge in [-0.05, 0) is 173 Å². The first-order valence-electron chi connectivity index (χ1n) is 37.5. The minimum atomic E-state index is -0.749. The summed E-state index contributed by atoms with van der Waals surface area (Å²) >= 11 is 4.86. The fourth-order valence-electron chi connectivity index (χ4n) is 14.9. The van der Waals surface area contributed by atoms with E-state index in [0.717, 1.165) is 171 Å². The van der Waals surface area contributed by atoms with Crippen LogP contribution in [0.4, 0.5) is 17.5 Å². The van der Waals surface area contributed by atoms with E-state index in [1.54, 1.807) is 41.5 Å². The number of thioether (sulfide) groups is 3. The lowest BCUT2D eigenvalue weighted by Crippen LogP contribution is -2.38. The van der Waals surface area contributed by atoms with E-state index < -0.39 is 17.9 Å². The van der Waals surface area contributed by atoms with E-state index in [1.807, 2.05) is 85.1 Å². The number of aromatic nitrogens is 4. The fraction of sp³-hybridized carbons (Fsp3) is 0.525. The molecule has 3 aliphatic heterocycles. The molecule has 4 aromatic heterocycles. The number of carbonyl (C=O) groups is 6. The van der Waals surface area contributed by atoms with E-state index >= 15 is 0 Å². The van der Waals surface area contributed by atoms with Crippen molar-refractivity contribution in [2.24, 2.45) is 17.8 Å². The van der Waals surface area contributed by atoms with Gasteiger partial charge in [-0.25, -0.2) is 15.0 Å². The number of hydrogen-bond donors (Lipinski definition) is 6. The van der Waals surface area contributed by atoms with Gasteiger partial charge in [0.2, 0.25) is 0 Å². The fourth-order valence-corrected chi connectivity index (χ4v) is 17.9. The Morgan fingerprint density at radius 3 is 0.990 bits per heavy atom. The summed E-state index contributed by atoms with van der Waals surface area (Å²) in [5.74, 6) is 3.04. The monoisotopic (exact) mass is 1440 g/mol. The van der Waals surface area contributed by atoms with Gasteiger partial charge in [0.25, 0.3) is 17.7 Å². The number of nitrogens with zero attached hydrogens (tertiary/aromatic N) is 7. The van der Waals surface area contributed by atoms with Crippen LogP contribution in [0.25, 0.3) is 0 Å². The molecule has 3 amide bonds. The van der Waals surface area contributed by atoms with Crippen molar-refractivity contribution in [2.45, 2.75) is 207 Å². The highest BCUT2D eigenvalue weighted by Crippen LogP contribution is 2.34. The molecule has 3 saturated carbocycles. The van der Waals surface area contributed by atoms with E-state index in [1.165, 1.54) is 68.9 Å². The van der Waals surface area contributed by atoms with Crippen LogP contribution in [0.15, 0.2) is 137 Å². The number of hydrogen-bond acceptors (Lipinski definition) is 16. The highest BCUT2D eigenvalue weighted by Gasteiger charge is 2.30. The third-order valence-corrected chi connectivity index (χ3v) is 23.3. The highest BCUT2D eigenvalue weighted by molar-refractivity contribution is 7.99. The molecule has 12 rings (SSSR count). The normalized spacial score (nSPS) is 19.1. The molecule has 6 aromatic rings. The molecular weight excluding hydrogens is 1340 g/mol. The Labute approximate surface area is 615 Å². The van der Waals surface area contributed by atoms with Crippen LogP contribution in [0.1, 0.15) is 202 Å². The number of piperidine rings is 3. The molecular formula is C80H104N10O9S3. The summed E-state index contributed by atoms with van der Waals surface area (Å²) in [6, 6.07) is 37.0. The van der Waals surface area contributed by atoms with E-state index in [9.17, 15) is 44.1 Å². The van der Waals surface area contributed by atoms with Gasteiger partial charge in [-0.3, -0.25) is 33.8 Å². The van der Waals surface area contributed by atoms with Gasteiger partial charge >= 0.3 is 17.9 Å². The van der Waals surface area contributed by atoms with Gasteiger partial charge in [0.1, 0.15) is 32.5 Å². The van der Waals surface area contributed by atoms with Crippen molar-refractivity contribution in [3.8, 4) is 0 Å². The SMILES string of the molecule is O=C(O)C[C@@H]1CCCN(c2ccc(C(=O)NC3CCCCC3)c(SCCc3ccccc3)n2)C1.O=C(O)C[C@@H]1CCCN(c2ccc(C(=O)NC3CCCCC3)c(SCCc3cccnc3)n2)C1.O=C(O)C[C@H]1CCCN(c2ccc(C(=O)NC3CCCCC3)c(SCCc3ccccc3)n2)C1. The molecule has 102 heavy (non-hydrogen) atoms. The Bertz CT molecular complexity index is 3260. The van der Waals surface area contributed by atoms with Crippen molar-refractivity contribution < 1.29 is 44.1 Å². The molecule has 546 valence electrons. The predicted molar refractivity (Wildman–Crippen MR) is 408 cm³/mol. The third kappa shape index (κ3) is 25.0. The largest absolute Gasteiger partial charge is 0.481 e. The quantitative estimate of drug-likeness (QED) is 0.0262. The van der Waals surface area contributed by atoms with E-state index in [4.69, 9.17) is 15.0 Å². The van der Waals surface area contributed by atoms with E-state index in [2.05, 4.69) is 66.0 Å². The lowest BCUT2D eigenvalue weighted by Gasteiger charge is -2.33. The average molecular weight is 1450 g/mol. The molecule has 0 spiro atoms. The molecule has 2 aromatic carbocycles. The molecule has 6 aliphatic rings. The molecule has 6 N–H and O–H groups in total. The second-order valence-electron chi connectivity index (χ2n) is 28.3. The number of amides is 3. The zero-order valence-corrected chi connectivity index (χ0v) is 61.6. The van der Waals surface area contributed by atoms with Crippen LogP contribution in [0.2, 0.25) is 0 Å². The summed E-state index contributed by atoms with van der Waals surface area (Å²) in [4.78, 5) is 98.7. The van der Waals surface area contributed by atoms with Crippen molar-refractivity contribution in [1.29, 1.82) is 0 Å². The molecule has 3 aliphatic carbocycles. The van der Waals surface area contributed by atoms with Gasteiger partial charge in [-0.1, -0.05) is 125 Å². The molecule has 19 nitrogen and oxygen atoms in total. The number of benzene rings is 2. The van der Waals surface area contributed by atoms with Gasteiger partial charge in [-0.15, -0.1) is 35.3 Å². The van der Waals surface area contributed by atoms with Crippen molar-refractivity contribution >= 4 is 88.4 Å². The van der Waals surface area contributed by atoms with Crippen molar-refractivity contribution in [2.75, 3.05) is 71.2 Å². The van der Waals surface area contributed by atoms with Gasteiger partial charge in [0, 0.05) is 106 Å². The van der Waals surface area contributed by atoms with Crippen LogP contribution in [0.3, 0.4) is 0 Å². The lowest BCUT2D eigenvalue weighted by atomic mass is 9.95. The Morgan fingerprint density at radius 2 is 0.686 bits per heavy atom. The maximum absolute atomic E-state index is 13.2. The first kappa shape index (κ1) is 76.9. The number of carboxylic acid groups (broad SMARTS) is 3. The number of aryl methyl sites for hydroxylation is 3. The molecule has 0 unspecified atom stereocenters. The molecule has 0 bridgehead atoms. The van der Waals surface area contributed by atoms with Crippen LogP contribution < -0.4 is 30.7 Å². The van der Waals surface area contributed by atoms with Crippen molar-refractivity contribution in [1.82, 2.24) is 35.9 Å². The molecule has 0 radical (unpaired) electrons. The van der Waals surface area contributed by atoms with Crippen LogP contribution in [-0.2, 0) is 33.6 Å². The number of pyridine rings is 4. The molecule has 3 atom stereocenters. The van der Waals surface area contributed by atoms with Crippen molar-refractivity contribution in [3.63, 3.8) is 0 Å². The lowest BCUT2D eigenvalue weighted by molar-refractivity contribution is -0.139. The Kier molecular flexibility index (Phi) is 30.9. The average Bonchev–Trinajstić information content (AvgIpc) is 0.836. The van der Waals surface area contributed by atoms with Gasteiger partial charge < -0.3 is 46.0 Å². The minimum absolute atomic E-state index is 0.0319. The number of rotatable bonds is 27. The van der Waals surface area contributed by atoms with Crippen LogP contribution >= 0.6 is 35.3 Å². The Morgan fingerprint density at radius 1 is 0.373 bits per heavy atom. The maximum atomic E-state index is 13.2. The zero-order chi connectivity index (χ0) is 71.3. The summed E-state index contributed by atoms with van der Waals surface area (Å²) < 4.78 is 0. The smallest absolute Gasteiger partial charge is 0.303 e. The predicted octanol–water partition coefficient (Wildman–Crippen LogP) is 14.9. The molecule has 6 fully saturated rings. The van der Waals surface area contributed by atoms with E-state index in [-0.39, 0.29) is 72.9 Å². The summed E-state index contributed by atoms with van der Waals surface area (Å²) in [5.41, 5.74) is 5.62. The number of aliphatic carboxylic acids is 3. The van der Waals surface area contributed by atoms with Gasteiger partial charge in [0.15, 0.2) is 0 Å².